The predicted octanol–water partition coefficient (Wildman–Crippen LogP) is 4.11. The predicted molar refractivity (Wildman–Crippen MR) is 122 cm³/mol. The molecule has 0 unspecified atom stereocenters. The molecule has 0 fully saturated rings. The zero-order chi connectivity index (χ0) is 21.9. The van der Waals surface area contributed by atoms with Gasteiger partial charge in [0.15, 0.2) is 11.0 Å². The van der Waals surface area contributed by atoms with E-state index in [4.69, 9.17) is 0 Å². The van der Waals surface area contributed by atoms with Gasteiger partial charge in [-0.05, 0) is 42.8 Å². The number of hydrogen-bond acceptors (Lipinski definition) is 6. The number of rotatable bonds is 7. The number of hydrogen-bond donors (Lipinski definition) is 0. The van der Waals surface area contributed by atoms with E-state index < -0.39 is 0 Å². The van der Waals surface area contributed by atoms with Crippen LogP contribution in [0.4, 0.5) is 0 Å². The Balaban J connectivity index is 1.31. The molecule has 1 aliphatic rings. The van der Waals surface area contributed by atoms with Crippen molar-refractivity contribution in [3.05, 3.63) is 90.3 Å². The third-order valence-corrected chi connectivity index (χ3v) is 6.24. The summed E-state index contributed by atoms with van der Waals surface area (Å²) in [5.41, 5.74) is 2.85. The average Bonchev–Trinajstić information content (AvgIpc) is 3.38. The third kappa shape index (κ3) is 3.69. The topological polar surface area (TPSA) is 81.0 Å². The Hall–Kier alpha value is -3.78. The zero-order valence-corrected chi connectivity index (χ0v) is 17.9. The summed E-state index contributed by atoms with van der Waals surface area (Å²) < 4.78 is 2.02. The first-order valence-electron chi connectivity index (χ1n) is 10.2. The molecule has 8 heteroatoms. The first-order chi connectivity index (χ1) is 15.7. The van der Waals surface area contributed by atoms with Crippen molar-refractivity contribution in [2.45, 2.75) is 11.6 Å². The van der Waals surface area contributed by atoms with Gasteiger partial charge in [-0.2, -0.15) is 0 Å². The molecule has 1 aliphatic heterocycles. The SMILES string of the molecule is O=C1c2ccccc2C(=O)N1CCCSc1nnc(-c2ccncc2)n1-c1ccccc1. The molecule has 2 amide bonds. The minimum Gasteiger partial charge on any atom is -0.274 e. The first-order valence-corrected chi connectivity index (χ1v) is 11.2. The second-order valence-corrected chi connectivity index (χ2v) is 8.28. The van der Waals surface area contributed by atoms with Crippen molar-refractivity contribution >= 4 is 23.6 Å². The Labute approximate surface area is 189 Å². The molecule has 0 N–H and O–H groups in total. The fourth-order valence-electron chi connectivity index (χ4n) is 3.69. The van der Waals surface area contributed by atoms with Gasteiger partial charge >= 0.3 is 0 Å². The fraction of sp³-hybridized carbons (Fsp3) is 0.125. The number of nitrogens with zero attached hydrogens (tertiary/aromatic N) is 5. The van der Waals surface area contributed by atoms with Gasteiger partial charge in [-0.25, -0.2) is 0 Å². The van der Waals surface area contributed by atoms with Crippen molar-refractivity contribution in [2.24, 2.45) is 0 Å². The summed E-state index contributed by atoms with van der Waals surface area (Å²) in [6.07, 6.45) is 4.12. The Bertz CT molecular complexity index is 1240. The highest BCUT2D eigenvalue weighted by Gasteiger charge is 2.34. The molecule has 0 radical (unpaired) electrons. The van der Waals surface area contributed by atoms with Crippen LogP contribution in [0.2, 0.25) is 0 Å². The lowest BCUT2D eigenvalue weighted by atomic mass is 10.1. The summed E-state index contributed by atoms with van der Waals surface area (Å²) in [6, 6.07) is 20.7. The number of carbonyl (C=O) groups excluding carboxylic acids is 2. The largest absolute Gasteiger partial charge is 0.274 e. The van der Waals surface area contributed by atoms with E-state index >= 15 is 0 Å². The Morgan fingerprint density at radius 3 is 2.12 bits per heavy atom. The van der Waals surface area contributed by atoms with Gasteiger partial charge in [0.05, 0.1) is 11.1 Å². The lowest BCUT2D eigenvalue weighted by molar-refractivity contribution is 0.0655. The van der Waals surface area contributed by atoms with Gasteiger partial charge in [-0.3, -0.25) is 24.0 Å². The minimum atomic E-state index is -0.219. The molecule has 158 valence electrons. The summed E-state index contributed by atoms with van der Waals surface area (Å²) in [5.74, 6) is 0.988. The molecule has 0 spiro atoms. The van der Waals surface area contributed by atoms with Crippen LogP contribution in [0.1, 0.15) is 27.1 Å². The van der Waals surface area contributed by atoms with Gasteiger partial charge < -0.3 is 0 Å². The highest BCUT2D eigenvalue weighted by Crippen LogP contribution is 2.28. The summed E-state index contributed by atoms with van der Waals surface area (Å²) in [5, 5.41) is 9.58. The maximum atomic E-state index is 12.5. The van der Waals surface area contributed by atoms with E-state index in [0.29, 0.717) is 29.8 Å². The van der Waals surface area contributed by atoms with Crippen LogP contribution in [-0.4, -0.2) is 48.8 Å². The number of para-hydroxylation sites is 1. The van der Waals surface area contributed by atoms with Crippen LogP contribution in [0, 0.1) is 0 Å². The molecule has 0 saturated heterocycles. The van der Waals surface area contributed by atoms with E-state index in [-0.39, 0.29) is 11.8 Å². The van der Waals surface area contributed by atoms with Crippen LogP contribution in [0.25, 0.3) is 17.1 Å². The molecule has 2 aromatic heterocycles. The van der Waals surface area contributed by atoms with Gasteiger partial charge in [-0.15, -0.1) is 10.2 Å². The average molecular weight is 442 g/mol. The van der Waals surface area contributed by atoms with E-state index in [1.165, 1.54) is 4.90 Å². The van der Waals surface area contributed by atoms with E-state index in [9.17, 15) is 9.59 Å². The lowest BCUT2D eigenvalue weighted by Crippen LogP contribution is -2.31. The van der Waals surface area contributed by atoms with Gasteiger partial charge in [0.25, 0.3) is 11.8 Å². The lowest BCUT2D eigenvalue weighted by Gasteiger charge is -2.13. The maximum Gasteiger partial charge on any atom is 0.261 e. The normalized spacial score (nSPS) is 12.9. The van der Waals surface area contributed by atoms with Crippen molar-refractivity contribution in [3.63, 3.8) is 0 Å². The van der Waals surface area contributed by atoms with Crippen molar-refractivity contribution in [2.75, 3.05) is 12.3 Å². The van der Waals surface area contributed by atoms with E-state index in [2.05, 4.69) is 15.2 Å². The van der Waals surface area contributed by atoms with Crippen LogP contribution in [0.15, 0.2) is 84.3 Å². The smallest absolute Gasteiger partial charge is 0.261 e. The number of thioether (sulfide) groups is 1. The molecule has 0 atom stereocenters. The maximum absolute atomic E-state index is 12.5. The molecule has 3 heterocycles. The van der Waals surface area contributed by atoms with E-state index in [1.54, 1.807) is 48.4 Å². The first kappa shape index (κ1) is 20.1. The van der Waals surface area contributed by atoms with Crippen LogP contribution in [0.5, 0.6) is 0 Å². The Morgan fingerprint density at radius 2 is 1.44 bits per heavy atom. The van der Waals surface area contributed by atoms with Gasteiger partial charge in [0.1, 0.15) is 0 Å². The minimum absolute atomic E-state index is 0.219. The molecule has 5 rings (SSSR count). The number of fused-ring (bicyclic) bond motifs is 1. The molecular weight excluding hydrogens is 422 g/mol. The molecule has 4 aromatic rings. The van der Waals surface area contributed by atoms with Crippen molar-refractivity contribution < 1.29 is 9.59 Å². The number of benzene rings is 2. The zero-order valence-electron chi connectivity index (χ0n) is 17.1. The molecule has 7 nitrogen and oxygen atoms in total. The quantitative estimate of drug-likeness (QED) is 0.244. The number of carbonyl (C=O) groups is 2. The number of imide groups is 1. The summed E-state index contributed by atoms with van der Waals surface area (Å²) in [7, 11) is 0. The van der Waals surface area contributed by atoms with E-state index in [0.717, 1.165) is 22.2 Å². The summed E-state index contributed by atoms with van der Waals surface area (Å²) in [6.45, 7) is 0.371. The molecule has 2 aromatic carbocycles. The van der Waals surface area contributed by atoms with Crippen LogP contribution < -0.4 is 0 Å². The summed E-state index contributed by atoms with van der Waals surface area (Å²) >= 11 is 1.55. The van der Waals surface area contributed by atoms with Crippen LogP contribution in [-0.2, 0) is 0 Å². The number of aromatic nitrogens is 4. The number of amides is 2. The second-order valence-electron chi connectivity index (χ2n) is 7.22. The van der Waals surface area contributed by atoms with E-state index in [1.807, 2.05) is 47.0 Å². The second kappa shape index (κ2) is 8.76. The molecule has 32 heavy (non-hydrogen) atoms. The highest BCUT2D eigenvalue weighted by molar-refractivity contribution is 7.99. The monoisotopic (exact) mass is 441 g/mol. The van der Waals surface area contributed by atoms with Crippen LogP contribution >= 0.6 is 11.8 Å². The Morgan fingerprint density at radius 1 is 0.781 bits per heavy atom. The summed E-state index contributed by atoms with van der Waals surface area (Å²) in [4.78, 5) is 30.5. The van der Waals surface area contributed by atoms with Crippen molar-refractivity contribution in [1.82, 2.24) is 24.6 Å². The van der Waals surface area contributed by atoms with Gasteiger partial charge in [0.2, 0.25) is 0 Å². The molecule has 0 saturated carbocycles. The highest BCUT2D eigenvalue weighted by atomic mass is 32.2. The molecular formula is C24H19N5O2S. The van der Waals surface area contributed by atoms with Gasteiger partial charge in [0, 0.05) is 35.9 Å². The molecule has 0 aliphatic carbocycles. The van der Waals surface area contributed by atoms with Crippen molar-refractivity contribution in [3.8, 4) is 17.1 Å². The van der Waals surface area contributed by atoms with Crippen LogP contribution in [0.3, 0.4) is 0 Å². The van der Waals surface area contributed by atoms with Crippen molar-refractivity contribution in [1.29, 1.82) is 0 Å². The third-order valence-electron chi connectivity index (χ3n) is 5.22. The number of pyridine rings is 1. The fourth-order valence-corrected chi connectivity index (χ4v) is 4.57. The Kier molecular flexibility index (Phi) is 5.51. The molecule has 0 bridgehead atoms. The van der Waals surface area contributed by atoms with Gasteiger partial charge in [-0.1, -0.05) is 42.1 Å². The standard InChI is InChI=1S/C24H19N5O2S/c30-22-19-9-4-5-10-20(19)23(31)28(22)15-6-16-32-24-27-26-21(17-11-13-25-14-12-17)29(24)18-7-2-1-3-8-18/h1-5,7-14H,6,15-16H2.